The lowest BCUT2D eigenvalue weighted by Gasteiger charge is -2.40. The quantitative estimate of drug-likeness (QED) is 0.261. The van der Waals surface area contributed by atoms with E-state index < -0.39 is 29.7 Å². The van der Waals surface area contributed by atoms with Crippen LogP contribution in [0.4, 0.5) is 17.1 Å². The van der Waals surface area contributed by atoms with Crippen molar-refractivity contribution >= 4 is 58.2 Å². The molecule has 57 heavy (non-hydrogen) atoms. The largest absolute Gasteiger partial charge is 0.370 e. The number of rotatable bonds is 6. The fraction of sp³-hybridized carbons (Fsp3) is 0.465. The summed E-state index contributed by atoms with van der Waals surface area (Å²) < 4.78 is 0. The Balaban J connectivity index is 0.744. The predicted molar refractivity (Wildman–Crippen MR) is 213 cm³/mol. The average molecular weight is 789 g/mol. The highest BCUT2D eigenvalue weighted by atomic mass is 35.5. The lowest BCUT2D eigenvalue weighted by atomic mass is 9.76. The standard InChI is InChI=1S/C43H45ClN8O5/c1-26-20-43(25-51(26)31-5-6-36(45-2)35(44)19-31)11-15-49(16-12-43)32-4-3-30(46-21-32)24-48-13-9-27(10-14-48)40(55)50-22-28-17-33-34(18-29(28)23-50)42(57)52(41(33)56)37-7-8-38(53)47-39(37)54/h3-6,17-19,21,26-27,37H,7-16,20,22-25H2,1H3,(H,47,53,54)/t26-,37?/m0/s1. The van der Waals surface area contributed by atoms with Crippen molar-refractivity contribution in [3.05, 3.63) is 93.0 Å². The zero-order valence-electron chi connectivity index (χ0n) is 32.0. The normalized spacial score (nSPS) is 23.6. The van der Waals surface area contributed by atoms with Crippen LogP contribution in [0.5, 0.6) is 0 Å². The summed E-state index contributed by atoms with van der Waals surface area (Å²) in [5.41, 5.74) is 6.21. The van der Waals surface area contributed by atoms with Gasteiger partial charge in [-0.05, 0) is 111 Å². The van der Waals surface area contributed by atoms with Gasteiger partial charge >= 0.3 is 0 Å². The van der Waals surface area contributed by atoms with E-state index >= 15 is 0 Å². The SMILES string of the molecule is [C-]#[N+]c1ccc(N2CC3(CCN(c4ccc(CN5CCC(C(=O)N6Cc7cc8c(cc7C6)C(=O)N(C6CCC(=O)NC6=O)C8=O)CC5)nc4)CC3)C[C@@H]2C)cc1Cl. The van der Waals surface area contributed by atoms with Crippen LogP contribution >= 0.6 is 11.6 Å². The van der Waals surface area contributed by atoms with Crippen molar-refractivity contribution in [3.63, 3.8) is 0 Å². The van der Waals surface area contributed by atoms with Crippen molar-refractivity contribution < 1.29 is 24.0 Å². The fourth-order valence-electron chi connectivity index (χ4n) is 10.1. The van der Waals surface area contributed by atoms with E-state index in [1.165, 1.54) is 0 Å². The summed E-state index contributed by atoms with van der Waals surface area (Å²) in [5.74, 6) is -2.10. The van der Waals surface area contributed by atoms with Crippen molar-refractivity contribution in [2.45, 2.75) is 83.6 Å². The molecule has 14 heteroatoms. The molecule has 4 fully saturated rings. The lowest BCUT2D eigenvalue weighted by molar-refractivity contribution is -0.138. The number of likely N-dealkylation sites (tertiary alicyclic amines) is 1. The molecule has 5 amide bonds. The molecule has 294 valence electrons. The molecular weight excluding hydrogens is 744 g/mol. The number of fused-ring (bicyclic) bond motifs is 2. The van der Waals surface area contributed by atoms with Gasteiger partial charge in [-0.25, -0.2) is 4.85 Å². The molecule has 0 bridgehead atoms. The molecule has 2 atom stereocenters. The maximum Gasteiger partial charge on any atom is 0.262 e. The first-order valence-corrected chi connectivity index (χ1v) is 20.4. The summed E-state index contributed by atoms with van der Waals surface area (Å²) in [4.78, 5) is 82.8. The third-order valence-corrected chi connectivity index (χ3v) is 13.6. The number of carbonyl (C=O) groups excluding carboxylic acids is 5. The predicted octanol–water partition coefficient (Wildman–Crippen LogP) is 5.33. The Hall–Kier alpha value is -5.32. The van der Waals surface area contributed by atoms with E-state index in [0.29, 0.717) is 29.8 Å². The van der Waals surface area contributed by atoms with Gasteiger partial charge in [0.15, 0.2) is 0 Å². The van der Waals surface area contributed by atoms with E-state index in [2.05, 4.69) is 43.9 Å². The second-order valence-corrected chi connectivity index (χ2v) is 17.2. The van der Waals surface area contributed by atoms with Crippen molar-refractivity contribution in [1.82, 2.24) is 25.0 Å². The first-order valence-electron chi connectivity index (χ1n) is 20.0. The Morgan fingerprint density at radius 2 is 1.61 bits per heavy atom. The van der Waals surface area contributed by atoms with Crippen molar-refractivity contribution in [2.24, 2.45) is 11.3 Å². The minimum atomic E-state index is -1.00. The number of pyridine rings is 1. The Bertz CT molecular complexity index is 2180. The van der Waals surface area contributed by atoms with Crippen LogP contribution < -0.4 is 15.1 Å². The van der Waals surface area contributed by atoms with Gasteiger partial charge in [0.25, 0.3) is 11.8 Å². The molecule has 0 aliphatic carbocycles. The molecule has 6 aliphatic rings. The van der Waals surface area contributed by atoms with Crippen LogP contribution in [0, 0.1) is 17.9 Å². The van der Waals surface area contributed by atoms with E-state index in [1.54, 1.807) is 12.1 Å². The monoisotopic (exact) mass is 788 g/mol. The van der Waals surface area contributed by atoms with Crippen LogP contribution in [-0.2, 0) is 34.0 Å². The average Bonchev–Trinajstić information content (AvgIpc) is 3.85. The van der Waals surface area contributed by atoms with Gasteiger partial charge in [-0.2, -0.15) is 0 Å². The number of benzene rings is 2. The lowest BCUT2D eigenvalue weighted by Crippen LogP contribution is -2.54. The van der Waals surface area contributed by atoms with Gasteiger partial charge in [0, 0.05) is 68.4 Å². The van der Waals surface area contributed by atoms with Crippen LogP contribution in [-0.4, -0.2) is 94.0 Å². The van der Waals surface area contributed by atoms with Gasteiger partial charge in [-0.3, -0.25) is 44.1 Å². The van der Waals surface area contributed by atoms with Crippen molar-refractivity contribution in [1.29, 1.82) is 0 Å². The topological polar surface area (TPSA) is 131 Å². The third-order valence-electron chi connectivity index (χ3n) is 13.3. The van der Waals surface area contributed by atoms with Crippen LogP contribution in [0.15, 0.2) is 48.7 Å². The Morgan fingerprint density at radius 1 is 0.930 bits per heavy atom. The smallest absolute Gasteiger partial charge is 0.262 e. The molecule has 1 N–H and O–H groups in total. The number of imide groups is 2. The maximum atomic E-state index is 13.7. The van der Waals surface area contributed by atoms with Gasteiger partial charge in [-0.1, -0.05) is 17.7 Å². The number of carbonyl (C=O) groups is 5. The van der Waals surface area contributed by atoms with Crippen LogP contribution in [0.25, 0.3) is 4.85 Å². The molecule has 4 saturated heterocycles. The van der Waals surface area contributed by atoms with Crippen LogP contribution in [0.3, 0.4) is 0 Å². The van der Waals surface area contributed by atoms with Crippen LogP contribution in [0.1, 0.15) is 89.4 Å². The van der Waals surface area contributed by atoms with E-state index in [0.717, 1.165) is 104 Å². The summed E-state index contributed by atoms with van der Waals surface area (Å²) in [6, 6.07) is 12.9. The summed E-state index contributed by atoms with van der Waals surface area (Å²) in [5, 5.41) is 2.74. The molecule has 0 saturated carbocycles. The number of anilines is 2. The molecule has 2 aromatic carbocycles. The molecule has 1 unspecified atom stereocenters. The molecule has 9 rings (SSSR count). The molecule has 0 radical (unpaired) electrons. The maximum absolute atomic E-state index is 13.7. The molecule has 6 aliphatic heterocycles. The molecular formula is C43H45ClN8O5. The molecule has 3 aromatic rings. The van der Waals surface area contributed by atoms with Crippen LogP contribution in [0.2, 0.25) is 5.02 Å². The van der Waals surface area contributed by atoms with E-state index in [4.69, 9.17) is 23.2 Å². The van der Waals surface area contributed by atoms with Gasteiger partial charge in [0.2, 0.25) is 23.4 Å². The van der Waals surface area contributed by atoms with Gasteiger partial charge in [0.05, 0.1) is 35.3 Å². The first-order chi connectivity index (χ1) is 27.5. The second kappa shape index (κ2) is 14.6. The highest BCUT2D eigenvalue weighted by molar-refractivity contribution is 6.33. The highest BCUT2D eigenvalue weighted by Gasteiger charge is 2.46. The number of nitrogens with zero attached hydrogens (tertiary/aromatic N) is 7. The Morgan fingerprint density at radius 3 is 2.23 bits per heavy atom. The third kappa shape index (κ3) is 6.82. The van der Waals surface area contributed by atoms with Gasteiger partial charge in [0.1, 0.15) is 6.04 Å². The summed E-state index contributed by atoms with van der Waals surface area (Å²) >= 11 is 6.38. The first kappa shape index (κ1) is 37.3. The molecule has 13 nitrogen and oxygen atoms in total. The zero-order valence-corrected chi connectivity index (χ0v) is 32.8. The number of hydrogen-bond donors (Lipinski definition) is 1. The summed E-state index contributed by atoms with van der Waals surface area (Å²) in [6.45, 7) is 15.7. The number of piperidine rings is 3. The molecule has 1 aromatic heterocycles. The van der Waals surface area contributed by atoms with E-state index in [1.807, 2.05) is 29.3 Å². The van der Waals surface area contributed by atoms with E-state index in [-0.39, 0.29) is 41.2 Å². The minimum absolute atomic E-state index is 0.0714. The molecule has 1 spiro atoms. The molecule has 7 heterocycles. The number of hydrogen-bond acceptors (Lipinski definition) is 9. The Kier molecular flexibility index (Phi) is 9.52. The number of amides is 5. The minimum Gasteiger partial charge on any atom is -0.370 e. The highest BCUT2D eigenvalue weighted by Crippen LogP contribution is 2.46. The summed E-state index contributed by atoms with van der Waals surface area (Å²) in [7, 11) is 0. The summed E-state index contributed by atoms with van der Waals surface area (Å²) in [6.07, 6.45) is 7.08. The van der Waals surface area contributed by atoms with E-state index in [9.17, 15) is 24.0 Å². The van der Waals surface area contributed by atoms with Crippen molar-refractivity contribution in [3.8, 4) is 0 Å². The van der Waals surface area contributed by atoms with Gasteiger partial charge in [-0.15, -0.1) is 0 Å². The second-order valence-electron chi connectivity index (χ2n) is 16.8. The number of nitrogens with one attached hydrogen (secondary N) is 1. The van der Waals surface area contributed by atoms with Gasteiger partial charge < -0.3 is 14.7 Å². The zero-order chi connectivity index (χ0) is 39.6. The number of aromatic nitrogens is 1. The Labute approximate surface area is 336 Å². The van der Waals surface area contributed by atoms with Crippen molar-refractivity contribution in [2.75, 3.05) is 42.5 Å². The fourth-order valence-corrected chi connectivity index (χ4v) is 10.3. The number of halogens is 1.